The Morgan fingerprint density at radius 3 is 2.69 bits per heavy atom. The maximum absolute atomic E-state index is 5.39. The number of rotatable bonds is 9. The molecule has 1 aliphatic rings. The van der Waals surface area contributed by atoms with E-state index in [4.69, 9.17) is 9.05 Å². The predicted molar refractivity (Wildman–Crippen MR) is 109 cm³/mol. The SMILES string of the molecule is CC(C)(C)c1nc(CCCCCNc2cc(-c3nc(C4CC4)no3)ccn2)no1. The summed E-state index contributed by atoms with van der Waals surface area (Å²) >= 11 is 0. The van der Waals surface area contributed by atoms with Gasteiger partial charge in [0.05, 0.1) is 0 Å². The molecular weight excluding hydrogens is 368 g/mol. The van der Waals surface area contributed by atoms with Gasteiger partial charge in [-0.05, 0) is 37.8 Å². The lowest BCUT2D eigenvalue weighted by Gasteiger charge is -2.10. The minimum absolute atomic E-state index is 0.0998. The normalized spacial score (nSPS) is 14.3. The smallest absolute Gasteiger partial charge is 0.258 e. The molecule has 0 amide bonds. The Hall–Kier alpha value is -2.77. The highest BCUT2D eigenvalue weighted by molar-refractivity contribution is 5.57. The van der Waals surface area contributed by atoms with E-state index in [1.807, 2.05) is 12.1 Å². The zero-order valence-electron chi connectivity index (χ0n) is 17.3. The number of unbranched alkanes of at least 4 members (excludes halogenated alkanes) is 2. The second-order valence-electron chi connectivity index (χ2n) is 8.66. The van der Waals surface area contributed by atoms with Crippen molar-refractivity contribution in [2.24, 2.45) is 0 Å². The highest BCUT2D eigenvalue weighted by Crippen LogP contribution is 2.38. The fraction of sp³-hybridized carbons (Fsp3) is 0.571. The fourth-order valence-corrected chi connectivity index (χ4v) is 2.98. The summed E-state index contributed by atoms with van der Waals surface area (Å²) in [6.07, 6.45) is 8.08. The molecule has 154 valence electrons. The van der Waals surface area contributed by atoms with E-state index in [1.165, 1.54) is 0 Å². The molecule has 4 rings (SSSR count). The van der Waals surface area contributed by atoms with Gasteiger partial charge in [-0.2, -0.15) is 9.97 Å². The minimum atomic E-state index is -0.0998. The van der Waals surface area contributed by atoms with E-state index in [0.717, 1.165) is 68.1 Å². The van der Waals surface area contributed by atoms with E-state index in [0.29, 0.717) is 17.7 Å². The van der Waals surface area contributed by atoms with Crippen molar-refractivity contribution in [1.82, 2.24) is 25.3 Å². The van der Waals surface area contributed by atoms with Crippen molar-refractivity contribution in [2.45, 2.75) is 70.6 Å². The third-order valence-electron chi connectivity index (χ3n) is 4.88. The molecule has 1 saturated carbocycles. The van der Waals surface area contributed by atoms with E-state index in [1.54, 1.807) is 6.20 Å². The van der Waals surface area contributed by atoms with Gasteiger partial charge in [0, 0.05) is 36.1 Å². The van der Waals surface area contributed by atoms with Crippen molar-refractivity contribution in [3.8, 4) is 11.5 Å². The van der Waals surface area contributed by atoms with E-state index in [-0.39, 0.29) is 5.41 Å². The van der Waals surface area contributed by atoms with Crippen molar-refractivity contribution in [1.29, 1.82) is 0 Å². The van der Waals surface area contributed by atoms with Crippen LogP contribution in [-0.4, -0.2) is 31.8 Å². The van der Waals surface area contributed by atoms with Crippen molar-refractivity contribution in [3.63, 3.8) is 0 Å². The molecule has 0 saturated heterocycles. The average Bonchev–Trinajstić information content (AvgIpc) is 3.22. The minimum Gasteiger partial charge on any atom is -0.370 e. The Bertz CT molecular complexity index is 939. The molecule has 8 heteroatoms. The fourth-order valence-electron chi connectivity index (χ4n) is 2.98. The highest BCUT2D eigenvalue weighted by Gasteiger charge is 2.29. The van der Waals surface area contributed by atoms with E-state index < -0.39 is 0 Å². The maximum atomic E-state index is 5.39. The van der Waals surface area contributed by atoms with Gasteiger partial charge in [-0.25, -0.2) is 4.98 Å². The van der Waals surface area contributed by atoms with Crippen LogP contribution in [0.1, 0.15) is 76.3 Å². The number of nitrogens with zero attached hydrogens (tertiary/aromatic N) is 5. The van der Waals surface area contributed by atoms with Crippen LogP contribution in [0.4, 0.5) is 5.82 Å². The lowest BCUT2D eigenvalue weighted by Crippen LogP contribution is -2.11. The Labute approximate surface area is 170 Å². The molecule has 0 aliphatic heterocycles. The predicted octanol–water partition coefficient (Wildman–Crippen LogP) is 4.51. The number of pyridine rings is 1. The first-order chi connectivity index (χ1) is 14.0. The summed E-state index contributed by atoms with van der Waals surface area (Å²) < 4.78 is 10.7. The summed E-state index contributed by atoms with van der Waals surface area (Å²) in [6.45, 7) is 7.07. The molecule has 0 spiro atoms. The average molecular weight is 396 g/mol. The molecule has 3 aromatic rings. The molecule has 8 nitrogen and oxygen atoms in total. The molecule has 0 bridgehead atoms. The van der Waals surface area contributed by atoms with Gasteiger partial charge in [-0.3, -0.25) is 0 Å². The molecule has 3 heterocycles. The third kappa shape index (κ3) is 5.19. The zero-order chi connectivity index (χ0) is 20.3. The Morgan fingerprint density at radius 1 is 1.07 bits per heavy atom. The van der Waals surface area contributed by atoms with Gasteiger partial charge in [0.2, 0.25) is 5.89 Å². The lowest BCUT2D eigenvalue weighted by molar-refractivity contribution is 0.318. The number of hydrogen-bond acceptors (Lipinski definition) is 8. The number of nitrogens with one attached hydrogen (secondary N) is 1. The van der Waals surface area contributed by atoms with Crippen LogP contribution >= 0.6 is 0 Å². The first-order valence-electron chi connectivity index (χ1n) is 10.4. The molecule has 1 N–H and O–H groups in total. The van der Waals surface area contributed by atoms with Crippen molar-refractivity contribution >= 4 is 5.82 Å². The van der Waals surface area contributed by atoms with Crippen LogP contribution in [0.25, 0.3) is 11.5 Å². The van der Waals surface area contributed by atoms with Gasteiger partial charge >= 0.3 is 0 Å². The highest BCUT2D eigenvalue weighted by atomic mass is 16.5. The van der Waals surface area contributed by atoms with Gasteiger partial charge in [-0.15, -0.1) is 0 Å². The molecular formula is C21H28N6O2. The van der Waals surface area contributed by atoms with Crippen LogP contribution in [0.3, 0.4) is 0 Å². The number of aromatic nitrogens is 5. The monoisotopic (exact) mass is 396 g/mol. The molecule has 1 fully saturated rings. The second-order valence-corrected chi connectivity index (χ2v) is 8.66. The molecule has 0 atom stereocenters. The number of aryl methyl sites for hydroxylation is 1. The Balaban J connectivity index is 1.19. The zero-order valence-corrected chi connectivity index (χ0v) is 17.3. The van der Waals surface area contributed by atoms with Crippen LogP contribution in [0.2, 0.25) is 0 Å². The van der Waals surface area contributed by atoms with Crippen LogP contribution in [0.5, 0.6) is 0 Å². The van der Waals surface area contributed by atoms with Crippen LogP contribution in [0, 0.1) is 0 Å². The molecule has 3 aromatic heterocycles. The summed E-state index contributed by atoms with van der Waals surface area (Å²) in [5.74, 6) is 4.18. The van der Waals surface area contributed by atoms with Crippen LogP contribution in [-0.2, 0) is 11.8 Å². The molecule has 0 unspecified atom stereocenters. The summed E-state index contributed by atoms with van der Waals surface area (Å²) in [5.41, 5.74) is 0.797. The van der Waals surface area contributed by atoms with E-state index in [9.17, 15) is 0 Å². The third-order valence-corrected chi connectivity index (χ3v) is 4.88. The first kappa shape index (κ1) is 19.5. The van der Waals surface area contributed by atoms with Gasteiger partial charge < -0.3 is 14.4 Å². The molecule has 1 aliphatic carbocycles. The van der Waals surface area contributed by atoms with Gasteiger partial charge in [0.15, 0.2) is 11.6 Å². The topological polar surface area (TPSA) is 103 Å². The maximum Gasteiger partial charge on any atom is 0.258 e. The lowest BCUT2D eigenvalue weighted by atomic mass is 9.97. The largest absolute Gasteiger partial charge is 0.370 e. The van der Waals surface area contributed by atoms with E-state index >= 15 is 0 Å². The van der Waals surface area contributed by atoms with Gasteiger partial charge in [0.25, 0.3) is 5.89 Å². The van der Waals surface area contributed by atoms with Gasteiger partial charge in [-0.1, -0.05) is 37.5 Å². The molecule has 0 aromatic carbocycles. The van der Waals surface area contributed by atoms with Gasteiger partial charge in [0.1, 0.15) is 5.82 Å². The first-order valence-corrected chi connectivity index (χ1v) is 10.4. The van der Waals surface area contributed by atoms with Crippen LogP contribution < -0.4 is 5.32 Å². The molecule has 0 radical (unpaired) electrons. The summed E-state index contributed by atoms with van der Waals surface area (Å²) in [5, 5.41) is 11.5. The quantitative estimate of drug-likeness (QED) is 0.527. The summed E-state index contributed by atoms with van der Waals surface area (Å²) in [6, 6.07) is 3.85. The Morgan fingerprint density at radius 2 is 1.93 bits per heavy atom. The Kier molecular flexibility index (Phi) is 5.60. The summed E-state index contributed by atoms with van der Waals surface area (Å²) in [4.78, 5) is 13.4. The van der Waals surface area contributed by atoms with Crippen molar-refractivity contribution < 1.29 is 9.05 Å². The number of anilines is 1. The second kappa shape index (κ2) is 8.31. The standard InChI is InChI=1S/C21H28N6O2/c1-21(2,3)20-24-16(26-29-20)7-5-4-6-11-22-17-13-15(10-12-23-17)19-25-18(27-28-19)14-8-9-14/h10,12-14H,4-9,11H2,1-3H3,(H,22,23). The van der Waals surface area contributed by atoms with Crippen molar-refractivity contribution in [3.05, 3.63) is 35.9 Å². The van der Waals surface area contributed by atoms with E-state index in [2.05, 4.69) is 51.4 Å². The van der Waals surface area contributed by atoms with Crippen molar-refractivity contribution in [2.75, 3.05) is 11.9 Å². The summed E-state index contributed by atoms with van der Waals surface area (Å²) in [7, 11) is 0. The molecule has 29 heavy (non-hydrogen) atoms. The number of hydrogen-bond donors (Lipinski definition) is 1. The van der Waals surface area contributed by atoms with Crippen LogP contribution in [0.15, 0.2) is 27.4 Å².